The molecule has 0 aromatic carbocycles. The van der Waals surface area contributed by atoms with Crippen LogP contribution in [0.25, 0.3) is 0 Å². The molecule has 0 bridgehead atoms. The van der Waals surface area contributed by atoms with E-state index in [1.807, 2.05) is 0 Å². The van der Waals surface area contributed by atoms with Gasteiger partial charge < -0.3 is 4.90 Å². The molecule has 20 heavy (non-hydrogen) atoms. The standard InChI is InChI=1S/C13H15ClF2N4/c1-3-12(19-8-17)20(7-11(15)16)6-10-4-9(2)13(14)18-5-10/h4-5,11H,3,6-7H2,1-2H3. The Hall–Kier alpha value is -1.74. The lowest BCUT2D eigenvalue weighted by Crippen LogP contribution is -2.34. The Bertz CT molecular complexity index is 526. The number of halogens is 3. The molecule has 0 fully saturated rings. The van der Waals surface area contributed by atoms with Crippen LogP contribution in [0.15, 0.2) is 17.3 Å². The molecule has 0 spiro atoms. The van der Waals surface area contributed by atoms with Crippen molar-refractivity contribution in [3.05, 3.63) is 28.5 Å². The lowest BCUT2D eigenvalue weighted by Gasteiger charge is -2.24. The molecule has 1 aromatic heterocycles. The molecule has 1 aromatic rings. The summed E-state index contributed by atoms with van der Waals surface area (Å²) in [6.07, 6.45) is 1.07. The number of aliphatic imine (C=N–C) groups is 1. The first-order valence-electron chi connectivity index (χ1n) is 6.07. The highest BCUT2D eigenvalue weighted by molar-refractivity contribution is 6.30. The molecule has 108 valence electrons. The third-order valence-electron chi connectivity index (χ3n) is 2.66. The molecule has 0 saturated heterocycles. The quantitative estimate of drug-likeness (QED) is 0.362. The van der Waals surface area contributed by atoms with Gasteiger partial charge in [0.25, 0.3) is 6.43 Å². The normalized spacial score (nSPS) is 11.6. The van der Waals surface area contributed by atoms with E-state index in [1.165, 1.54) is 11.1 Å². The maximum Gasteiger partial charge on any atom is 0.255 e. The highest BCUT2D eigenvalue weighted by Gasteiger charge is 2.16. The van der Waals surface area contributed by atoms with Crippen molar-refractivity contribution in [2.45, 2.75) is 33.2 Å². The molecule has 0 aliphatic rings. The van der Waals surface area contributed by atoms with Crippen molar-refractivity contribution in [2.75, 3.05) is 6.54 Å². The highest BCUT2D eigenvalue weighted by Crippen LogP contribution is 2.15. The van der Waals surface area contributed by atoms with Crippen molar-refractivity contribution in [3.63, 3.8) is 0 Å². The van der Waals surface area contributed by atoms with Gasteiger partial charge >= 0.3 is 0 Å². The maximum absolute atomic E-state index is 12.7. The molecule has 0 aliphatic heterocycles. The SMILES string of the molecule is CCC(=NC#N)N(Cc1cnc(Cl)c(C)c1)CC(F)F. The molecular formula is C13H15ClF2N4. The van der Waals surface area contributed by atoms with E-state index in [0.29, 0.717) is 17.4 Å². The number of nitriles is 1. The fourth-order valence-electron chi connectivity index (χ4n) is 1.78. The minimum Gasteiger partial charge on any atom is -0.349 e. The third-order valence-corrected chi connectivity index (χ3v) is 3.06. The lowest BCUT2D eigenvalue weighted by molar-refractivity contribution is 0.113. The molecule has 0 amide bonds. The van der Waals surface area contributed by atoms with Crippen LogP contribution < -0.4 is 0 Å². The number of alkyl halides is 2. The molecule has 0 radical (unpaired) electrons. The predicted octanol–water partition coefficient (Wildman–Crippen LogP) is 3.40. The van der Waals surface area contributed by atoms with Crippen LogP contribution in [-0.2, 0) is 6.54 Å². The molecule has 7 heteroatoms. The Balaban J connectivity index is 2.97. The van der Waals surface area contributed by atoms with Crippen LogP contribution in [0, 0.1) is 18.4 Å². The average Bonchev–Trinajstić information content (AvgIpc) is 2.39. The topological polar surface area (TPSA) is 52.3 Å². The zero-order chi connectivity index (χ0) is 15.1. The molecule has 1 heterocycles. The van der Waals surface area contributed by atoms with Gasteiger partial charge in [-0.1, -0.05) is 18.5 Å². The summed E-state index contributed by atoms with van der Waals surface area (Å²) >= 11 is 5.83. The zero-order valence-electron chi connectivity index (χ0n) is 11.3. The smallest absolute Gasteiger partial charge is 0.255 e. The fourth-order valence-corrected chi connectivity index (χ4v) is 1.89. The number of aromatic nitrogens is 1. The zero-order valence-corrected chi connectivity index (χ0v) is 12.0. The number of nitrogens with zero attached hydrogens (tertiary/aromatic N) is 4. The second kappa shape index (κ2) is 7.75. The lowest BCUT2D eigenvalue weighted by atomic mass is 10.2. The van der Waals surface area contributed by atoms with Crippen molar-refractivity contribution in [1.29, 1.82) is 5.26 Å². The van der Waals surface area contributed by atoms with E-state index < -0.39 is 13.0 Å². The van der Waals surface area contributed by atoms with Crippen LogP contribution in [0.5, 0.6) is 0 Å². The summed E-state index contributed by atoms with van der Waals surface area (Å²) in [4.78, 5) is 8.98. The monoisotopic (exact) mass is 300 g/mol. The number of hydrogen-bond donors (Lipinski definition) is 0. The number of pyridine rings is 1. The van der Waals surface area contributed by atoms with E-state index in [-0.39, 0.29) is 6.54 Å². The molecule has 0 N–H and O–H groups in total. The Morgan fingerprint density at radius 3 is 2.80 bits per heavy atom. The fraction of sp³-hybridized carbons (Fsp3) is 0.462. The maximum atomic E-state index is 12.7. The van der Waals surface area contributed by atoms with Gasteiger partial charge in [0.05, 0.1) is 6.54 Å². The molecule has 1 rings (SSSR count). The van der Waals surface area contributed by atoms with Crippen LogP contribution >= 0.6 is 11.6 Å². The van der Waals surface area contributed by atoms with Gasteiger partial charge in [-0.3, -0.25) is 0 Å². The summed E-state index contributed by atoms with van der Waals surface area (Å²) in [5.41, 5.74) is 1.52. The largest absolute Gasteiger partial charge is 0.349 e. The van der Waals surface area contributed by atoms with E-state index in [0.717, 1.165) is 11.1 Å². The second-order valence-electron chi connectivity index (χ2n) is 4.20. The third kappa shape index (κ3) is 4.74. The van der Waals surface area contributed by atoms with Gasteiger partial charge in [0.15, 0.2) is 0 Å². The number of aryl methyl sites for hydroxylation is 1. The van der Waals surface area contributed by atoms with Gasteiger partial charge in [-0.2, -0.15) is 10.3 Å². The van der Waals surface area contributed by atoms with Gasteiger partial charge in [-0.25, -0.2) is 13.8 Å². The van der Waals surface area contributed by atoms with E-state index >= 15 is 0 Å². The Morgan fingerprint density at radius 1 is 1.60 bits per heavy atom. The number of hydrogen-bond acceptors (Lipinski definition) is 3. The van der Waals surface area contributed by atoms with E-state index in [4.69, 9.17) is 16.9 Å². The molecule has 0 saturated carbocycles. The molecular weight excluding hydrogens is 286 g/mol. The molecule has 0 unspecified atom stereocenters. The van der Waals surface area contributed by atoms with Crippen LogP contribution in [-0.4, -0.2) is 28.7 Å². The van der Waals surface area contributed by atoms with E-state index in [1.54, 1.807) is 26.1 Å². The molecule has 4 nitrogen and oxygen atoms in total. The number of rotatable bonds is 5. The van der Waals surface area contributed by atoms with Gasteiger partial charge in [-0.15, -0.1) is 0 Å². The van der Waals surface area contributed by atoms with E-state index in [2.05, 4.69) is 9.98 Å². The summed E-state index contributed by atoms with van der Waals surface area (Å²) in [5.74, 6) is 0.334. The first kappa shape index (κ1) is 16.3. The van der Waals surface area contributed by atoms with Crippen LogP contribution in [0.3, 0.4) is 0 Å². The Morgan fingerprint density at radius 2 is 2.30 bits per heavy atom. The predicted molar refractivity (Wildman–Crippen MR) is 73.7 cm³/mol. The highest BCUT2D eigenvalue weighted by atomic mass is 35.5. The van der Waals surface area contributed by atoms with Crippen molar-refractivity contribution >= 4 is 17.4 Å². The van der Waals surface area contributed by atoms with Crippen LogP contribution in [0.1, 0.15) is 24.5 Å². The summed E-state index contributed by atoms with van der Waals surface area (Å²) in [7, 11) is 0. The number of amidine groups is 1. The minimum atomic E-state index is -2.51. The first-order valence-corrected chi connectivity index (χ1v) is 6.45. The first-order chi connectivity index (χ1) is 9.47. The van der Waals surface area contributed by atoms with E-state index in [9.17, 15) is 8.78 Å². The van der Waals surface area contributed by atoms with Crippen molar-refractivity contribution in [2.24, 2.45) is 4.99 Å². The minimum absolute atomic E-state index is 0.212. The van der Waals surface area contributed by atoms with Crippen LogP contribution in [0.4, 0.5) is 8.78 Å². The van der Waals surface area contributed by atoms with Crippen molar-refractivity contribution in [3.8, 4) is 6.19 Å². The molecule has 0 atom stereocenters. The molecule has 0 aliphatic carbocycles. The van der Waals surface area contributed by atoms with Gasteiger partial charge in [0.2, 0.25) is 6.19 Å². The average molecular weight is 301 g/mol. The van der Waals surface area contributed by atoms with Gasteiger partial charge in [0, 0.05) is 19.2 Å². The van der Waals surface area contributed by atoms with Crippen LogP contribution in [0.2, 0.25) is 5.15 Å². The summed E-state index contributed by atoms with van der Waals surface area (Å²) in [5, 5.41) is 9.00. The summed E-state index contributed by atoms with van der Waals surface area (Å²) in [6.45, 7) is 3.29. The summed E-state index contributed by atoms with van der Waals surface area (Å²) < 4.78 is 25.3. The van der Waals surface area contributed by atoms with Crippen molar-refractivity contribution < 1.29 is 8.78 Å². The second-order valence-corrected chi connectivity index (χ2v) is 4.56. The summed E-state index contributed by atoms with van der Waals surface area (Å²) in [6, 6.07) is 1.79. The Kier molecular flexibility index (Phi) is 6.32. The Labute approximate surface area is 121 Å². The van der Waals surface area contributed by atoms with Crippen molar-refractivity contribution in [1.82, 2.24) is 9.88 Å². The van der Waals surface area contributed by atoms with Gasteiger partial charge in [0.1, 0.15) is 11.0 Å². The van der Waals surface area contributed by atoms with Gasteiger partial charge in [-0.05, 0) is 24.1 Å².